The lowest BCUT2D eigenvalue weighted by molar-refractivity contribution is -0.141. The molecule has 1 saturated carbocycles. The lowest BCUT2D eigenvalue weighted by Crippen LogP contribution is -2.36. The highest BCUT2D eigenvalue weighted by atomic mass is 16.5. The van der Waals surface area contributed by atoms with Gasteiger partial charge in [0.05, 0.1) is 12.5 Å². The first-order valence-corrected chi connectivity index (χ1v) is 7.37. The Morgan fingerprint density at radius 2 is 1.95 bits per heavy atom. The summed E-state index contributed by atoms with van der Waals surface area (Å²) >= 11 is 0. The number of carboxylic acid groups (broad SMARTS) is 1. The molecule has 1 aromatic carbocycles. The van der Waals surface area contributed by atoms with Gasteiger partial charge in [-0.2, -0.15) is 0 Å². The van der Waals surface area contributed by atoms with Crippen LogP contribution >= 0.6 is 0 Å². The van der Waals surface area contributed by atoms with Crippen LogP contribution in [0.4, 0.5) is 0 Å². The smallest absolute Gasteiger partial charge is 0.306 e. The largest absolute Gasteiger partial charge is 0.491 e. The highest BCUT2D eigenvalue weighted by Gasteiger charge is 2.36. The summed E-state index contributed by atoms with van der Waals surface area (Å²) in [7, 11) is 0. The zero-order valence-electron chi connectivity index (χ0n) is 11.8. The Kier molecular flexibility index (Phi) is 3.82. The highest BCUT2D eigenvalue weighted by molar-refractivity contribution is 5.81. The first-order valence-electron chi connectivity index (χ1n) is 7.37. The minimum Gasteiger partial charge on any atom is -0.491 e. The quantitative estimate of drug-likeness (QED) is 0.903. The van der Waals surface area contributed by atoms with E-state index in [9.17, 15) is 9.59 Å². The number of amides is 1. The van der Waals surface area contributed by atoms with Crippen LogP contribution < -0.4 is 4.74 Å². The molecule has 1 aliphatic heterocycles. The van der Waals surface area contributed by atoms with E-state index in [-0.39, 0.29) is 17.7 Å². The Hall–Kier alpha value is -2.04. The standard InChI is InChI=1S/C16H19NO4/c18-15(11-5-6-12(9-11)16(19)20)17-7-8-21-14-4-2-1-3-13(14)10-17/h1-4,11-12H,5-10H2,(H,19,20)/t11-,12+/m1/s1. The summed E-state index contributed by atoms with van der Waals surface area (Å²) in [5.41, 5.74) is 1.01. The lowest BCUT2D eigenvalue weighted by Gasteiger charge is -2.23. The molecule has 2 aliphatic rings. The van der Waals surface area contributed by atoms with Gasteiger partial charge in [0.1, 0.15) is 12.4 Å². The molecule has 1 fully saturated rings. The van der Waals surface area contributed by atoms with Crippen LogP contribution in [-0.4, -0.2) is 35.0 Å². The van der Waals surface area contributed by atoms with E-state index < -0.39 is 5.97 Å². The van der Waals surface area contributed by atoms with E-state index in [1.54, 1.807) is 4.90 Å². The van der Waals surface area contributed by atoms with Gasteiger partial charge in [0, 0.05) is 18.0 Å². The number of ether oxygens (including phenoxy) is 1. The van der Waals surface area contributed by atoms with Crippen LogP contribution in [0, 0.1) is 11.8 Å². The fourth-order valence-corrected chi connectivity index (χ4v) is 3.20. The molecule has 0 aromatic heterocycles. The van der Waals surface area contributed by atoms with Gasteiger partial charge in [0.25, 0.3) is 0 Å². The summed E-state index contributed by atoms with van der Waals surface area (Å²) in [5, 5.41) is 9.05. The number of rotatable bonds is 2. The molecule has 0 saturated heterocycles. The molecule has 1 N–H and O–H groups in total. The molecule has 0 radical (unpaired) electrons. The number of fused-ring (bicyclic) bond motifs is 1. The molecule has 0 bridgehead atoms. The molecule has 112 valence electrons. The molecular weight excluding hydrogens is 270 g/mol. The van der Waals surface area contributed by atoms with Crippen molar-refractivity contribution in [3.8, 4) is 5.75 Å². The van der Waals surface area contributed by atoms with E-state index in [0.29, 0.717) is 39.0 Å². The Bertz CT molecular complexity index is 557. The summed E-state index contributed by atoms with van der Waals surface area (Å²) < 4.78 is 5.66. The molecule has 5 heteroatoms. The maximum absolute atomic E-state index is 12.6. The van der Waals surface area contributed by atoms with Crippen LogP contribution in [-0.2, 0) is 16.1 Å². The molecule has 0 spiro atoms. The number of para-hydroxylation sites is 1. The predicted molar refractivity (Wildman–Crippen MR) is 75.8 cm³/mol. The zero-order valence-corrected chi connectivity index (χ0v) is 11.8. The van der Waals surface area contributed by atoms with E-state index in [4.69, 9.17) is 9.84 Å². The average Bonchev–Trinajstić information content (AvgIpc) is 2.87. The predicted octanol–water partition coefficient (Wildman–Crippen LogP) is 1.91. The first kappa shape index (κ1) is 13.9. The second-order valence-electron chi connectivity index (χ2n) is 5.76. The van der Waals surface area contributed by atoms with Crippen molar-refractivity contribution in [1.82, 2.24) is 4.90 Å². The molecule has 1 aliphatic carbocycles. The van der Waals surface area contributed by atoms with E-state index in [1.165, 1.54) is 0 Å². The normalized spacial score (nSPS) is 24.9. The van der Waals surface area contributed by atoms with Crippen molar-refractivity contribution in [2.75, 3.05) is 13.2 Å². The second-order valence-corrected chi connectivity index (χ2v) is 5.76. The fraction of sp³-hybridized carbons (Fsp3) is 0.500. The number of benzene rings is 1. The molecule has 5 nitrogen and oxygen atoms in total. The average molecular weight is 289 g/mol. The molecular formula is C16H19NO4. The van der Waals surface area contributed by atoms with Gasteiger partial charge in [-0.1, -0.05) is 18.2 Å². The van der Waals surface area contributed by atoms with Gasteiger partial charge in [-0.05, 0) is 25.3 Å². The van der Waals surface area contributed by atoms with E-state index in [1.807, 2.05) is 24.3 Å². The van der Waals surface area contributed by atoms with Gasteiger partial charge in [0.15, 0.2) is 0 Å². The monoisotopic (exact) mass is 289 g/mol. The van der Waals surface area contributed by atoms with Gasteiger partial charge in [-0.3, -0.25) is 9.59 Å². The third-order valence-electron chi connectivity index (χ3n) is 4.40. The van der Waals surface area contributed by atoms with Crippen LogP contribution in [0.3, 0.4) is 0 Å². The Labute approximate surface area is 123 Å². The molecule has 21 heavy (non-hydrogen) atoms. The van der Waals surface area contributed by atoms with Crippen molar-refractivity contribution >= 4 is 11.9 Å². The van der Waals surface area contributed by atoms with Crippen LogP contribution in [0.1, 0.15) is 24.8 Å². The number of carboxylic acids is 1. The van der Waals surface area contributed by atoms with E-state index in [2.05, 4.69) is 0 Å². The van der Waals surface area contributed by atoms with Crippen LogP contribution in [0.25, 0.3) is 0 Å². The van der Waals surface area contributed by atoms with Gasteiger partial charge in [-0.15, -0.1) is 0 Å². The number of aliphatic carboxylic acids is 1. The lowest BCUT2D eigenvalue weighted by atomic mass is 10.0. The highest BCUT2D eigenvalue weighted by Crippen LogP contribution is 2.33. The fourth-order valence-electron chi connectivity index (χ4n) is 3.20. The van der Waals surface area contributed by atoms with Crippen molar-refractivity contribution in [3.05, 3.63) is 29.8 Å². The molecule has 0 unspecified atom stereocenters. The number of hydrogen-bond acceptors (Lipinski definition) is 3. The second kappa shape index (κ2) is 5.76. The maximum atomic E-state index is 12.6. The van der Waals surface area contributed by atoms with Crippen molar-refractivity contribution in [2.24, 2.45) is 11.8 Å². The van der Waals surface area contributed by atoms with E-state index >= 15 is 0 Å². The minimum absolute atomic E-state index is 0.0686. The molecule has 1 heterocycles. The van der Waals surface area contributed by atoms with Crippen LogP contribution in [0.5, 0.6) is 5.75 Å². The van der Waals surface area contributed by atoms with Crippen molar-refractivity contribution in [3.63, 3.8) is 0 Å². The van der Waals surface area contributed by atoms with Crippen molar-refractivity contribution in [1.29, 1.82) is 0 Å². The Morgan fingerprint density at radius 3 is 2.71 bits per heavy atom. The third kappa shape index (κ3) is 2.86. The van der Waals surface area contributed by atoms with Gasteiger partial charge in [-0.25, -0.2) is 0 Å². The Balaban J connectivity index is 1.70. The number of carbonyl (C=O) groups excluding carboxylic acids is 1. The molecule has 1 amide bonds. The summed E-state index contributed by atoms with van der Waals surface area (Å²) in [5.74, 6) is -0.401. The number of nitrogens with zero attached hydrogens (tertiary/aromatic N) is 1. The minimum atomic E-state index is -0.783. The summed E-state index contributed by atoms with van der Waals surface area (Å²) in [6, 6.07) is 7.74. The topological polar surface area (TPSA) is 66.8 Å². The van der Waals surface area contributed by atoms with Gasteiger partial charge < -0.3 is 14.7 Å². The Morgan fingerprint density at radius 1 is 1.19 bits per heavy atom. The van der Waals surface area contributed by atoms with Crippen LogP contribution in [0.2, 0.25) is 0 Å². The number of carbonyl (C=O) groups is 2. The van der Waals surface area contributed by atoms with Crippen molar-refractivity contribution < 1.29 is 19.4 Å². The summed E-state index contributed by atoms with van der Waals surface area (Å²) in [6.45, 7) is 1.59. The number of hydrogen-bond donors (Lipinski definition) is 1. The first-order chi connectivity index (χ1) is 10.1. The van der Waals surface area contributed by atoms with Gasteiger partial charge in [0.2, 0.25) is 5.91 Å². The molecule has 3 rings (SSSR count). The molecule has 1 aromatic rings. The maximum Gasteiger partial charge on any atom is 0.306 e. The summed E-state index contributed by atoms with van der Waals surface area (Å²) in [4.78, 5) is 25.4. The third-order valence-corrected chi connectivity index (χ3v) is 4.40. The van der Waals surface area contributed by atoms with E-state index in [0.717, 1.165) is 11.3 Å². The summed E-state index contributed by atoms with van der Waals surface area (Å²) in [6.07, 6.45) is 1.74. The van der Waals surface area contributed by atoms with Gasteiger partial charge >= 0.3 is 5.97 Å². The van der Waals surface area contributed by atoms with Crippen molar-refractivity contribution in [2.45, 2.75) is 25.8 Å². The molecule has 2 atom stereocenters. The van der Waals surface area contributed by atoms with Crippen LogP contribution in [0.15, 0.2) is 24.3 Å². The SMILES string of the molecule is O=C(O)[C@H]1CC[C@@H](C(=O)N2CCOc3ccccc3C2)C1. The zero-order chi connectivity index (χ0) is 14.8.